The van der Waals surface area contributed by atoms with Crippen LogP contribution in [0.2, 0.25) is 0 Å². The summed E-state index contributed by atoms with van der Waals surface area (Å²) in [6, 6.07) is 7.35. The first-order valence-corrected chi connectivity index (χ1v) is 9.32. The molecule has 0 bridgehead atoms. The molecule has 0 amide bonds. The zero-order chi connectivity index (χ0) is 19.4. The van der Waals surface area contributed by atoms with Crippen LogP contribution in [0.4, 0.5) is 5.95 Å². The van der Waals surface area contributed by atoms with Crippen molar-refractivity contribution in [1.29, 1.82) is 0 Å². The van der Waals surface area contributed by atoms with Gasteiger partial charge in [-0.25, -0.2) is 9.48 Å². The molecule has 3 rings (SSSR count). The Balaban J connectivity index is 1.93. The summed E-state index contributed by atoms with van der Waals surface area (Å²) in [4.78, 5) is 17.0. The monoisotopic (exact) mass is 370 g/mol. The van der Waals surface area contributed by atoms with Crippen molar-refractivity contribution in [2.45, 2.75) is 52.7 Å². The van der Waals surface area contributed by atoms with Crippen LogP contribution >= 0.6 is 0 Å². The maximum atomic E-state index is 12.8. The minimum atomic E-state index is -0.403. The number of nitrogens with zero attached hydrogens (tertiary/aromatic N) is 3. The Hall–Kier alpha value is -2.83. The molecule has 0 spiro atoms. The summed E-state index contributed by atoms with van der Waals surface area (Å²) in [6.07, 6.45) is 3.38. The third-order valence-electron chi connectivity index (χ3n) is 4.32. The lowest BCUT2D eigenvalue weighted by Gasteiger charge is -2.28. The zero-order valence-corrected chi connectivity index (χ0v) is 16.2. The topological polar surface area (TPSA) is 78.3 Å². The number of hydrogen-bond acceptors (Lipinski definition) is 6. The number of hydrogen-bond donors (Lipinski definition) is 1. The first-order chi connectivity index (χ1) is 13.0. The van der Waals surface area contributed by atoms with E-state index in [0.29, 0.717) is 18.1 Å². The molecule has 0 aliphatic carbocycles. The van der Waals surface area contributed by atoms with Crippen molar-refractivity contribution in [3.63, 3.8) is 0 Å². The Morgan fingerprint density at radius 3 is 2.70 bits per heavy atom. The summed E-state index contributed by atoms with van der Waals surface area (Å²) < 4.78 is 12.9. The summed E-state index contributed by atoms with van der Waals surface area (Å²) in [6.45, 7) is 8.35. The molecule has 1 aliphatic heterocycles. The van der Waals surface area contributed by atoms with E-state index in [1.54, 1.807) is 4.68 Å². The van der Waals surface area contributed by atoms with E-state index in [9.17, 15) is 4.79 Å². The van der Waals surface area contributed by atoms with E-state index in [1.165, 1.54) is 6.33 Å². The first-order valence-electron chi connectivity index (χ1n) is 9.32. The molecule has 1 aromatic carbocycles. The number of carbonyl (C=O) groups is 1. The molecule has 1 N–H and O–H groups in total. The quantitative estimate of drug-likeness (QED) is 0.591. The van der Waals surface area contributed by atoms with Gasteiger partial charge in [0.2, 0.25) is 5.95 Å². The van der Waals surface area contributed by atoms with E-state index >= 15 is 0 Å². The summed E-state index contributed by atoms with van der Waals surface area (Å²) >= 11 is 0. The summed E-state index contributed by atoms with van der Waals surface area (Å²) in [5.74, 6) is 1.05. The van der Waals surface area contributed by atoms with Gasteiger partial charge in [0.05, 0.1) is 18.3 Å². The average molecular weight is 370 g/mol. The van der Waals surface area contributed by atoms with Crippen LogP contribution in [0.1, 0.15) is 52.1 Å². The molecule has 1 aliphatic rings. The number of ether oxygens (including phenoxy) is 2. The highest BCUT2D eigenvalue weighted by molar-refractivity contribution is 5.92. The van der Waals surface area contributed by atoms with Crippen molar-refractivity contribution in [3.8, 4) is 5.75 Å². The van der Waals surface area contributed by atoms with E-state index < -0.39 is 6.04 Å². The van der Waals surface area contributed by atoms with Crippen molar-refractivity contribution in [2.24, 2.45) is 0 Å². The van der Waals surface area contributed by atoms with Gasteiger partial charge in [-0.05, 0) is 44.9 Å². The number of fused-ring (bicyclic) bond motifs is 1. The predicted molar refractivity (Wildman–Crippen MR) is 103 cm³/mol. The molecule has 27 heavy (non-hydrogen) atoms. The number of rotatable bonds is 7. The average Bonchev–Trinajstić information content (AvgIpc) is 3.08. The molecule has 1 aromatic heterocycles. The normalized spacial score (nSPS) is 16.1. The van der Waals surface area contributed by atoms with Crippen molar-refractivity contribution in [1.82, 2.24) is 14.8 Å². The van der Waals surface area contributed by atoms with Gasteiger partial charge in [0.25, 0.3) is 0 Å². The van der Waals surface area contributed by atoms with Crippen LogP contribution in [-0.4, -0.2) is 33.4 Å². The fourth-order valence-corrected chi connectivity index (χ4v) is 3.02. The number of aromatic nitrogens is 3. The molecule has 2 heterocycles. The van der Waals surface area contributed by atoms with Gasteiger partial charge in [0, 0.05) is 5.70 Å². The van der Waals surface area contributed by atoms with Gasteiger partial charge in [-0.15, -0.1) is 0 Å². The highest BCUT2D eigenvalue weighted by Gasteiger charge is 2.34. The number of benzene rings is 1. The standard InChI is InChI=1S/C20H26N4O3/c1-5-6-11-26-16-9-7-15(8-10-16)18-17(19(25)27-13(2)3)14(4)23-20-21-12-22-24(18)20/h7-10,12-13,18H,5-6,11H2,1-4H3,(H,21,22,23). The Bertz CT molecular complexity index is 824. The smallest absolute Gasteiger partial charge is 0.338 e. The minimum Gasteiger partial charge on any atom is -0.494 e. The number of anilines is 1. The van der Waals surface area contributed by atoms with Crippen molar-refractivity contribution in [2.75, 3.05) is 11.9 Å². The predicted octanol–water partition coefficient (Wildman–Crippen LogP) is 3.70. The van der Waals surface area contributed by atoms with E-state index in [4.69, 9.17) is 9.47 Å². The van der Waals surface area contributed by atoms with Crippen molar-refractivity contribution in [3.05, 3.63) is 47.4 Å². The fraction of sp³-hybridized carbons (Fsp3) is 0.450. The number of unbranched alkanes of at least 4 members (excludes halogenated alkanes) is 1. The minimum absolute atomic E-state index is 0.204. The molecule has 2 aromatic rings. The largest absolute Gasteiger partial charge is 0.494 e. The molecular weight excluding hydrogens is 344 g/mol. The number of allylic oxidation sites excluding steroid dienone is 1. The lowest BCUT2D eigenvalue weighted by atomic mass is 9.95. The molecule has 0 saturated heterocycles. The maximum absolute atomic E-state index is 12.8. The summed E-state index contributed by atoms with van der Waals surface area (Å²) in [7, 11) is 0. The Morgan fingerprint density at radius 1 is 1.30 bits per heavy atom. The Morgan fingerprint density at radius 2 is 2.04 bits per heavy atom. The Kier molecular flexibility index (Phi) is 5.78. The molecule has 0 radical (unpaired) electrons. The van der Waals surface area contributed by atoms with Crippen LogP contribution in [0.25, 0.3) is 0 Å². The van der Waals surface area contributed by atoms with E-state index in [0.717, 1.165) is 29.9 Å². The second-order valence-corrected chi connectivity index (χ2v) is 6.82. The number of esters is 1. The third-order valence-corrected chi connectivity index (χ3v) is 4.32. The molecule has 7 nitrogen and oxygen atoms in total. The van der Waals surface area contributed by atoms with Gasteiger partial charge in [0.15, 0.2) is 0 Å². The zero-order valence-electron chi connectivity index (χ0n) is 16.2. The fourth-order valence-electron chi connectivity index (χ4n) is 3.02. The maximum Gasteiger partial charge on any atom is 0.338 e. The van der Waals surface area contributed by atoms with Gasteiger partial charge >= 0.3 is 5.97 Å². The first kappa shape index (κ1) is 18.9. The van der Waals surface area contributed by atoms with Crippen LogP contribution in [0.5, 0.6) is 5.75 Å². The molecule has 0 saturated carbocycles. The van der Waals surface area contributed by atoms with E-state index in [2.05, 4.69) is 22.3 Å². The van der Waals surface area contributed by atoms with E-state index in [1.807, 2.05) is 45.0 Å². The van der Waals surface area contributed by atoms with Gasteiger partial charge < -0.3 is 14.8 Å². The van der Waals surface area contributed by atoms with Crippen molar-refractivity contribution < 1.29 is 14.3 Å². The van der Waals surface area contributed by atoms with Gasteiger partial charge in [-0.3, -0.25) is 0 Å². The molecule has 0 fully saturated rings. The second kappa shape index (κ2) is 8.24. The van der Waals surface area contributed by atoms with Crippen LogP contribution in [0.3, 0.4) is 0 Å². The number of nitrogens with one attached hydrogen (secondary N) is 1. The molecule has 144 valence electrons. The molecular formula is C20H26N4O3. The van der Waals surface area contributed by atoms with Crippen LogP contribution in [-0.2, 0) is 9.53 Å². The Labute approximate surface area is 159 Å². The van der Waals surface area contributed by atoms with Gasteiger partial charge in [-0.2, -0.15) is 10.1 Å². The van der Waals surface area contributed by atoms with Crippen LogP contribution in [0, 0.1) is 0 Å². The molecule has 7 heteroatoms. The van der Waals surface area contributed by atoms with Gasteiger partial charge in [0.1, 0.15) is 18.1 Å². The lowest BCUT2D eigenvalue weighted by Crippen LogP contribution is -2.30. The molecule has 1 unspecified atom stereocenters. The highest BCUT2D eigenvalue weighted by Crippen LogP contribution is 2.35. The highest BCUT2D eigenvalue weighted by atomic mass is 16.5. The summed E-state index contributed by atoms with van der Waals surface area (Å²) in [5, 5.41) is 7.45. The van der Waals surface area contributed by atoms with Gasteiger partial charge in [-0.1, -0.05) is 25.5 Å². The summed E-state index contributed by atoms with van der Waals surface area (Å²) in [5.41, 5.74) is 2.16. The van der Waals surface area contributed by atoms with E-state index in [-0.39, 0.29) is 12.1 Å². The SMILES string of the molecule is CCCCOc1ccc(C2C(C(=O)OC(C)C)=C(C)Nc3ncnn32)cc1. The molecule has 1 atom stereocenters. The van der Waals surface area contributed by atoms with Crippen molar-refractivity contribution >= 4 is 11.9 Å². The third kappa shape index (κ3) is 4.13. The second-order valence-electron chi connectivity index (χ2n) is 6.82. The van der Waals surface area contributed by atoms with Crippen LogP contribution < -0.4 is 10.1 Å². The number of carbonyl (C=O) groups excluding carboxylic acids is 1. The lowest BCUT2D eigenvalue weighted by molar-refractivity contribution is -0.143. The van der Waals surface area contributed by atoms with Crippen LogP contribution in [0.15, 0.2) is 41.9 Å².